The summed E-state index contributed by atoms with van der Waals surface area (Å²) in [5.74, 6) is -0.525. The van der Waals surface area contributed by atoms with Gasteiger partial charge < -0.3 is 25.2 Å². The Hall–Kier alpha value is -3.38. The fourth-order valence-electron chi connectivity index (χ4n) is 2.20. The number of ether oxygens (including phenoxy) is 1. The van der Waals surface area contributed by atoms with Crippen molar-refractivity contribution < 1.29 is 42.1 Å². The van der Waals surface area contributed by atoms with Gasteiger partial charge in [0.25, 0.3) is 22.8 Å². The molecule has 2 amide bonds. The zero-order chi connectivity index (χ0) is 23.6. The molecule has 0 saturated carbocycles. The molecule has 12 heteroatoms. The van der Waals surface area contributed by atoms with E-state index in [1.165, 1.54) is 17.0 Å². The highest BCUT2D eigenvalue weighted by molar-refractivity contribution is 7.85. The third-order valence-corrected chi connectivity index (χ3v) is 3.58. The summed E-state index contributed by atoms with van der Waals surface area (Å²) in [5, 5.41) is 21.3. The summed E-state index contributed by atoms with van der Waals surface area (Å²) in [4.78, 5) is 25.1. The number of carbonyl (C=O) groups is 2. The van der Waals surface area contributed by atoms with Crippen LogP contribution in [-0.2, 0) is 28.0 Å². The van der Waals surface area contributed by atoms with Crippen LogP contribution < -0.4 is 9.88 Å². The standard InChI is InChI=1S/C18H21N3O5.CH4O3S/c1-20(2)17(24)14-4-3-9-21(11-14)12-26-18(25)19-8-7-13-5-6-15(22)16(23)10-13;1-5(2,3)4/h3-6,9-11H,7-8,12H2,1-2H3,(H2-,19,22,23,25);1H3,(H,2,3,4)/p+1. The number of pyridine rings is 1. The molecule has 11 nitrogen and oxygen atoms in total. The molecule has 31 heavy (non-hydrogen) atoms. The molecule has 170 valence electrons. The second-order valence-electron chi connectivity index (χ2n) is 6.60. The molecule has 1 aromatic carbocycles. The molecule has 1 heterocycles. The Bertz CT molecular complexity index is 1000. The summed E-state index contributed by atoms with van der Waals surface area (Å²) in [5.41, 5.74) is 1.26. The third-order valence-electron chi connectivity index (χ3n) is 3.58. The van der Waals surface area contributed by atoms with Crippen molar-refractivity contribution in [2.45, 2.75) is 13.2 Å². The lowest BCUT2D eigenvalue weighted by Gasteiger charge is -2.09. The first-order valence-corrected chi connectivity index (χ1v) is 10.8. The topological polar surface area (TPSA) is 157 Å². The average Bonchev–Trinajstić information content (AvgIpc) is 2.67. The Morgan fingerprint density at radius 1 is 1.16 bits per heavy atom. The first-order chi connectivity index (χ1) is 14.4. The van der Waals surface area contributed by atoms with Crippen LogP contribution in [0.3, 0.4) is 0 Å². The Morgan fingerprint density at radius 3 is 2.39 bits per heavy atom. The highest BCUT2D eigenvalue weighted by Gasteiger charge is 2.13. The lowest BCUT2D eigenvalue weighted by Crippen LogP contribution is -2.39. The van der Waals surface area contributed by atoms with Crippen molar-refractivity contribution in [2.24, 2.45) is 0 Å². The maximum absolute atomic E-state index is 11.9. The number of phenolic OH excluding ortho intramolecular Hbond substituents is 2. The smallest absolute Gasteiger partial charge is 0.412 e. The summed E-state index contributed by atoms with van der Waals surface area (Å²) in [6.07, 6.45) is 3.90. The Balaban J connectivity index is 0.000000861. The summed E-state index contributed by atoms with van der Waals surface area (Å²) >= 11 is 0. The minimum Gasteiger partial charge on any atom is -0.504 e. The van der Waals surface area contributed by atoms with Crippen LogP contribution in [-0.4, -0.2) is 67.0 Å². The zero-order valence-electron chi connectivity index (χ0n) is 17.3. The van der Waals surface area contributed by atoms with Crippen LogP contribution in [0.25, 0.3) is 0 Å². The molecule has 0 fully saturated rings. The van der Waals surface area contributed by atoms with Gasteiger partial charge in [-0.2, -0.15) is 13.0 Å². The predicted octanol–water partition coefficient (Wildman–Crippen LogP) is 0.517. The number of alkyl carbamates (subject to hydrolysis) is 1. The second-order valence-corrected chi connectivity index (χ2v) is 8.07. The maximum Gasteiger partial charge on any atom is 0.412 e. The van der Waals surface area contributed by atoms with Crippen LogP contribution in [0.2, 0.25) is 0 Å². The van der Waals surface area contributed by atoms with Gasteiger partial charge in [0, 0.05) is 26.7 Å². The number of rotatable bonds is 6. The van der Waals surface area contributed by atoms with Crippen molar-refractivity contribution in [3.8, 4) is 11.5 Å². The normalized spacial score (nSPS) is 10.5. The number of nitrogens with zero attached hydrogens (tertiary/aromatic N) is 2. The van der Waals surface area contributed by atoms with Crippen molar-refractivity contribution in [2.75, 3.05) is 26.9 Å². The minimum atomic E-state index is -3.67. The average molecular weight is 456 g/mol. The maximum atomic E-state index is 11.9. The van der Waals surface area contributed by atoms with Crippen molar-refractivity contribution in [3.63, 3.8) is 0 Å². The van der Waals surface area contributed by atoms with E-state index in [2.05, 4.69) is 5.32 Å². The van der Waals surface area contributed by atoms with E-state index in [9.17, 15) is 28.2 Å². The fraction of sp³-hybridized carbons (Fsp3) is 0.316. The van der Waals surface area contributed by atoms with Gasteiger partial charge in [-0.3, -0.25) is 9.35 Å². The Morgan fingerprint density at radius 2 is 1.81 bits per heavy atom. The summed E-state index contributed by atoms with van der Waals surface area (Å²) < 4.78 is 32.6. The molecule has 0 bridgehead atoms. The number of hydrogen-bond acceptors (Lipinski definition) is 7. The van der Waals surface area contributed by atoms with E-state index in [0.717, 1.165) is 5.56 Å². The van der Waals surface area contributed by atoms with Gasteiger partial charge in [0.1, 0.15) is 5.56 Å². The van der Waals surface area contributed by atoms with Crippen LogP contribution in [0.4, 0.5) is 4.79 Å². The van der Waals surface area contributed by atoms with Gasteiger partial charge in [0.15, 0.2) is 23.9 Å². The molecule has 1 aromatic heterocycles. The highest BCUT2D eigenvalue weighted by atomic mass is 32.2. The van der Waals surface area contributed by atoms with Gasteiger partial charge >= 0.3 is 6.09 Å². The van der Waals surface area contributed by atoms with E-state index in [1.807, 2.05) is 0 Å². The highest BCUT2D eigenvalue weighted by Crippen LogP contribution is 2.24. The molecule has 0 aliphatic carbocycles. The van der Waals surface area contributed by atoms with Gasteiger partial charge in [-0.1, -0.05) is 6.07 Å². The number of carbonyl (C=O) groups excluding carboxylic acids is 2. The first-order valence-electron chi connectivity index (χ1n) is 8.91. The molecule has 0 unspecified atom stereocenters. The molecule has 0 radical (unpaired) electrons. The molecule has 0 aliphatic rings. The number of nitrogens with one attached hydrogen (secondary N) is 1. The molecule has 2 rings (SSSR count). The molecule has 0 spiro atoms. The number of hydrogen-bond donors (Lipinski definition) is 4. The summed E-state index contributed by atoms with van der Waals surface area (Å²) in [6, 6.07) is 7.87. The van der Waals surface area contributed by atoms with Gasteiger partial charge in [-0.05, 0) is 30.2 Å². The minimum absolute atomic E-state index is 0.0274. The van der Waals surface area contributed by atoms with Gasteiger partial charge in [0.05, 0.1) is 6.26 Å². The van der Waals surface area contributed by atoms with Crippen LogP contribution >= 0.6 is 0 Å². The van der Waals surface area contributed by atoms with Crippen LogP contribution in [0, 0.1) is 0 Å². The first kappa shape index (κ1) is 25.7. The SMILES string of the molecule is CN(C)C(=O)c1ccc[n+](COC(=O)NCCc2ccc(O)c(O)c2)c1.CS(=O)(=O)O. The molecule has 4 N–H and O–H groups in total. The fourth-order valence-corrected chi connectivity index (χ4v) is 2.20. The Kier molecular flexibility index (Phi) is 9.70. The number of aromatic nitrogens is 1. The second kappa shape index (κ2) is 11.7. The lowest BCUT2D eigenvalue weighted by atomic mass is 10.1. The van der Waals surface area contributed by atoms with Gasteiger partial charge in [0.2, 0.25) is 0 Å². The van der Waals surface area contributed by atoms with E-state index < -0.39 is 16.2 Å². The van der Waals surface area contributed by atoms with Crippen LogP contribution in [0.15, 0.2) is 42.7 Å². The van der Waals surface area contributed by atoms with Gasteiger partial charge in [-0.25, -0.2) is 4.79 Å². The van der Waals surface area contributed by atoms with E-state index >= 15 is 0 Å². The van der Waals surface area contributed by atoms with Crippen molar-refractivity contribution in [3.05, 3.63) is 53.9 Å². The van der Waals surface area contributed by atoms with Crippen molar-refractivity contribution in [1.29, 1.82) is 0 Å². The Labute approximate surface area is 180 Å². The molecule has 0 aliphatic heterocycles. The monoisotopic (exact) mass is 456 g/mol. The number of phenols is 2. The lowest BCUT2D eigenvalue weighted by molar-refractivity contribution is -0.727. The largest absolute Gasteiger partial charge is 0.504 e. The molecule has 0 atom stereocenters. The number of benzene rings is 1. The number of aromatic hydroxyl groups is 2. The van der Waals surface area contributed by atoms with E-state index in [4.69, 9.17) is 9.29 Å². The molecule has 2 aromatic rings. The third kappa shape index (κ3) is 10.8. The molecular formula is C19H26N3O8S+. The quantitative estimate of drug-likeness (QED) is 0.278. The van der Waals surface area contributed by atoms with Crippen molar-refractivity contribution in [1.82, 2.24) is 10.2 Å². The summed E-state index contributed by atoms with van der Waals surface area (Å²) in [6.45, 7) is 0.285. The van der Waals surface area contributed by atoms with Crippen LogP contribution in [0.1, 0.15) is 15.9 Å². The van der Waals surface area contributed by atoms with E-state index in [1.54, 1.807) is 49.3 Å². The molecule has 0 saturated heterocycles. The number of amides is 2. The summed E-state index contributed by atoms with van der Waals surface area (Å²) in [7, 11) is -0.338. The predicted molar refractivity (Wildman–Crippen MR) is 110 cm³/mol. The zero-order valence-corrected chi connectivity index (χ0v) is 18.2. The van der Waals surface area contributed by atoms with E-state index in [-0.39, 0.29) is 24.1 Å². The van der Waals surface area contributed by atoms with Crippen LogP contribution in [0.5, 0.6) is 11.5 Å². The van der Waals surface area contributed by atoms with E-state index in [0.29, 0.717) is 24.8 Å². The van der Waals surface area contributed by atoms with Crippen molar-refractivity contribution >= 4 is 22.1 Å². The molecular weight excluding hydrogens is 430 g/mol. The van der Waals surface area contributed by atoms with Gasteiger partial charge in [-0.15, -0.1) is 0 Å².